The molecule has 4 aliphatic rings. The van der Waals surface area contributed by atoms with E-state index in [-0.39, 0.29) is 12.2 Å². The molecule has 0 N–H and O–H groups in total. The van der Waals surface area contributed by atoms with Crippen molar-refractivity contribution in [1.29, 1.82) is 0 Å². The molecule has 152 valence electrons. The van der Waals surface area contributed by atoms with Gasteiger partial charge in [-0.1, -0.05) is 60.8 Å². The highest BCUT2D eigenvalue weighted by Crippen LogP contribution is 2.32. The van der Waals surface area contributed by atoms with Gasteiger partial charge in [0.05, 0.1) is 12.2 Å². The molecule has 0 spiro atoms. The molecule has 0 aromatic heterocycles. The van der Waals surface area contributed by atoms with Crippen LogP contribution < -0.4 is 0 Å². The minimum atomic E-state index is 0.135. The summed E-state index contributed by atoms with van der Waals surface area (Å²) in [5.41, 5.74) is 8.74. The van der Waals surface area contributed by atoms with Gasteiger partial charge in [-0.2, -0.15) is 0 Å². The van der Waals surface area contributed by atoms with Gasteiger partial charge in [-0.3, -0.25) is 0 Å². The summed E-state index contributed by atoms with van der Waals surface area (Å²) in [6, 6.07) is 0. The second-order valence-corrected chi connectivity index (χ2v) is 8.67. The van der Waals surface area contributed by atoms with Crippen LogP contribution in [-0.2, 0) is 4.74 Å². The van der Waals surface area contributed by atoms with Crippen LogP contribution in [0.5, 0.6) is 0 Å². The molecule has 2 atom stereocenters. The van der Waals surface area contributed by atoms with Gasteiger partial charge in [0.1, 0.15) is 0 Å². The van der Waals surface area contributed by atoms with Crippen molar-refractivity contribution in [2.45, 2.75) is 77.4 Å². The SMILES string of the molecule is CC(OC(C)C1=CC=CC(=C2C=CCCC2)C1)C1=CC=CC(=C2C=CCCC2)C1. The smallest absolute Gasteiger partial charge is 0.0771 e. The lowest BCUT2D eigenvalue weighted by Crippen LogP contribution is -2.22. The molecule has 1 heteroatoms. The van der Waals surface area contributed by atoms with Crippen molar-refractivity contribution >= 4 is 0 Å². The minimum absolute atomic E-state index is 0.135. The van der Waals surface area contributed by atoms with E-state index in [2.05, 4.69) is 74.6 Å². The molecule has 2 unspecified atom stereocenters. The zero-order valence-electron chi connectivity index (χ0n) is 18.0. The number of allylic oxidation sites excluding steroid dienone is 14. The van der Waals surface area contributed by atoms with Crippen LogP contribution in [0.2, 0.25) is 0 Å². The maximum absolute atomic E-state index is 6.52. The molecule has 0 bridgehead atoms. The number of hydrogen-bond acceptors (Lipinski definition) is 1. The van der Waals surface area contributed by atoms with Crippen LogP contribution in [0.3, 0.4) is 0 Å². The molecule has 0 heterocycles. The molecule has 0 fully saturated rings. The number of hydrogen-bond donors (Lipinski definition) is 0. The van der Waals surface area contributed by atoms with E-state index in [1.54, 1.807) is 0 Å². The first-order chi connectivity index (χ1) is 14.2. The molecule has 0 saturated carbocycles. The van der Waals surface area contributed by atoms with Crippen LogP contribution in [-0.4, -0.2) is 12.2 Å². The monoisotopic (exact) mass is 386 g/mol. The molecule has 0 aliphatic heterocycles. The maximum Gasteiger partial charge on any atom is 0.0771 e. The van der Waals surface area contributed by atoms with Gasteiger partial charge < -0.3 is 4.74 Å². The second-order valence-electron chi connectivity index (χ2n) is 8.67. The van der Waals surface area contributed by atoms with Gasteiger partial charge in [-0.25, -0.2) is 0 Å². The molecule has 0 saturated heterocycles. The van der Waals surface area contributed by atoms with Gasteiger partial charge in [-0.15, -0.1) is 0 Å². The maximum atomic E-state index is 6.52. The molecule has 1 nitrogen and oxygen atoms in total. The Morgan fingerprint density at radius 1 is 0.655 bits per heavy atom. The lowest BCUT2D eigenvalue weighted by Gasteiger charge is -2.27. The van der Waals surface area contributed by atoms with E-state index in [9.17, 15) is 0 Å². The number of ether oxygens (including phenoxy) is 1. The first kappa shape index (κ1) is 20.2. The fourth-order valence-corrected chi connectivity index (χ4v) is 4.71. The van der Waals surface area contributed by atoms with Crippen molar-refractivity contribution in [3.05, 3.63) is 94.2 Å². The van der Waals surface area contributed by atoms with Crippen molar-refractivity contribution in [3.8, 4) is 0 Å². The van der Waals surface area contributed by atoms with Crippen molar-refractivity contribution < 1.29 is 4.74 Å². The third kappa shape index (κ3) is 5.08. The molecule has 0 aromatic rings. The van der Waals surface area contributed by atoms with E-state index in [1.165, 1.54) is 72.0 Å². The zero-order chi connectivity index (χ0) is 20.1. The largest absolute Gasteiger partial charge is 0.367 e. The van der Waals surface area contributed by atoms with Crippen molar-refractivity contribution in [3.63, 3.8) is 0 Å². The summed E-state index contributed by atoms with van der Waals surface area (Å²) in [7, 11) is 0. The Kier molecular flexibility index (Phi) is 6.67. The number of rotatable bonds is 4. The van der Waals surface area contributed by atoms with Crippen LogP contribution in [0, 0.1) is 0 Å². The quantitative estimate of drug-likeness (QED) is 0.482. The Morgan fingerprint density at radius 2 is 1.14 bits per heavy atom. The van der Waals surface area contributed by atoms with Gasteiger partial charge in [-0.05, 0) is 98.7 Å². The summed E-state index contributed by atoms with van der Waals surface area (Å²) in [6.07, 6.45) is 32.5. The van der Waals surface area contributed by atoms with Crippen molar-refractivity contribution in [2.24, 2.45) is 0 Å². The molecule has 0 radical (unpaired) electrons. The minimum Gasteiger partial charge on any atom is -0.367 e. The lowest BCUT2D eigenvalue weighted by molar-refractivity contribution is 0.0470. The first-order valence-corrected chi connectivity index (χ1v) is 11.4. The van der Waals surface area contributed by atoms with Crippen LogP contribution in [0.4, 0.5) is 0 Å². The summed E-state index contributed by atoms with van der Waals surface area (Å²) in [6.45, 7) is 4.42. The average Bonchev–Trinajstić information content (AvgIpc) is 2.80. The topological polar surface area (TPSA) is 9.23 Å². The molecular weight excluding hydrogens is 352 g/mol. The summed E-state index contributed by atoms with van der Waals surface area (Å²) >= 11 is 0. The van der Waals surface area contributed by atoms with Crippen molar-refractivity contribution in [2.75, 3.05) is 0 Å². The third-order valence-corrected chi connectivity index (χ3v) is 6.55. The Hall–Kier alpha value is -2.12. The van der Waals surface area contributed by atoms with Crippen LogP contribution in [0.15, 0.2) is 94.2 Å². The van der Waals surface area contributed by atoms with Gasteiger partial charge in [0.15, 0.2) is 0 Å². The summed E-state index contributed by atoms with van der Waals surface area (Å²) in [5, 5.41) is 0. The van der Waals surface area contributed by atoms with E-state index in [4.69, 9.17) is 4.74 Å². The van der Waals surface area contributed by atoms with E-state index < -0.39 is 0 Å². The molecule has 29 heavy (non-hydrogen) atoms. The zero-order valence-corrected chi connectivity index (χ0v) is 18.0. The summed E-state index contributed by atoms with van der Waals surface area (Å²) < 4.78 is 6.52. The third-order valence-electron chi connectivity index (χ3n) is 6.55. The van der Waals surface area contributed by atoms with Gasteiger partial charge >= 0.3 is 0 Å². The molecular formula is C28H34O. The van der Waals surface area contributed by atoms with Gasteiger partial charge in [0, 0.05) is 0 Å². The van der Waals surface area contributed by atoms with Crippen LogP contribution in [0.25, 0.3) is 0 Å². The van der Waals surface area contributed by atoms with E-state index in [0.717, 1.165) is 12.8 Å². The molecule has 4 aliphatic carbocycles. The molecule has 0 aromatic carbocycles. The van der Waals surface area contributed by atoms with Gasteiger partial charge in [0.25, 0.3) is 0 Å². The summed E-state index contributed by atoms with van der Waals surface area (Å²) in [5.74, 6) is 0. The van der Waals surface area contributed by atoms with Crippen molar-refractivity contribution in [1.82, 2.24) is 0 Å². The van der Waals surface area contributed by atoms with E-state index >= 15 is 0 Å². The van der Waals surface area contributed by atoms with E-state index in [0.29, 0.717) is 0 Å². The standard InChI is InChI=1S/C28H34O/c1-21(25-15-9-17-27(19-25)23-11-5-3-6-12-23)29-22(2)26-16-10-18-28(20-26)24-13-7-4-8-14-24/h5,7,9-11,13,15-18,21-22H,3-4,6,8,12,14,19-20H2,1-2H3. The molecule has 4 rings (SSSR count). The Bertz CT molecular complexity index is 794. The highest BCUT2D eigenvalue weighted by molar-refractivity contribution is 5.44. The lowest BCUT2D eigenvalue weighted by atomic mass is 9.88. The highest BCUT2D eigenvalue weighted by Gasteiger charge is 2.21. The Morgan fingerprint density at radius 3 is 1.55 bits per heavy atom. The predicted molar refractivity (Wildman–Crippen MR) is 124 cm³/mol. The van der Waals surface area contributed by atoms with Gasteiger partial charge in [0.2, 0.25) is 0 Å². The predicted octanol–water partition coefficient (Wildman–Crippen LogP) is 7.63. The van der Waals surface area contributed by atoms with E-state index in [1.807, 2.05) is 0 Å². The van der Waals surface area contributed by atoms with Crippen LogP contribution in [0.1, 0.15) is 65.2 Å². The summed E-state index contributed by atoms with van der Waals surface area (Å²) in [4.78, 5) is 0. The average molecular weight is 387 g/mol. The normalized spacial score (nSPS) is 28.9. The first-order valence-electron chi connectivity index (χ1n) is 11.4. The Balaban J connectivity index is 1.40. The highest BCUT2D eigenvalue weighted by atomic mass is 16.5. The molecule has 0 amide bonds. The van der Waals surface area contributed by atoms with Crippen LogP contribution >= 0.6 is 0 Å². The Labute approximate surface area is 176 Å². The second kappa shape index (κ2) is 9.59. The fraction of sp³-hybridized carbons (Fsp3) is 0.429. The fourth-order valence-electron chi connectivity index (χ4n) is 4.71.